The first-order chi connectivity index (χ1) is 18.2. The van der Waals surface area contributed by atoms with Crippen molar-refractivity contribution < 1.29 is 37.0 Å². The van der Waals surface area contributed by atoms with E-state index in [4.69, 9.17) is 9.47 Å². The number of ether oxygens (including phenoxy) is 2. The summed E-state index contributed by atoms with van der Waals surface area (Å²) in [4.78, 5) is 43.6. The average molecular weight is 558 g/mol. The van der Waals surface area contributed by atoms with Crippen LogP contribution in [0.2, 0.25) is 0 Å². The lowest BCUT2D eigenvalue weighted by molar-refractivity contribution is -0.150. The summed E-state index contributed by atoms with van der Waals surface area (Å²) in [7, 11) is 1.38. The molecule has 1 saturated carbocycles. The lowest BCUT2D eigenvalue weighted by Gasteiger charge is -2.33. The molecule has 1 saturated heterocycles. The molecule has 0 radical (unpaired) electrons. The van der Waals surface area contributed by atoms with Crippen LogP contribution in [-0.2, 0) is 14.3 Å². The van der Waals surface area contributed by atoms with Crippen LogP contribution in [0.25, 0.3) is 0 Å². The van der Waals surface area contributed by atoms with E-state index in [0.29, 0.717) is 11.5 Å². The number of alkyl carbamates (subject to hydrolysis) is 1. The molecule has 218 valence electrons. The van der Waals surface area contributed by atoms with Gasteiger partial charge in [0.2, 0.25) is 5.91 Å². The maximum absolute atomic E-state index is 13.4. The Balaban J connectivity index is 1.79. The second-order valence-corrected chi connectivity index (χ2v) is 11.3. The molecule has 0 aromatic carbocycles. The Hall–Kier alpha value is -3.09. The molecule has 0 bridgehead atoms. The number of carbonyl (C=O) groups excluding carboxylic acids is 3. The highest BCUT2D eigenvalue weighted by molar-refractivity contribution is 5.96. The highest BCUT2D eigenvalue weighted by Gasteiger charge is 2.48. The third kappa shape index (κ3) is 8.45. The lowest BCUT2D eigenvalue weighted by Crippen LogP contribution is -2.50. The van der Waals surface area contributed by atoms with E-state index < -0.39 is 54.5 Å². The summed E-state index contributed by atoms with van der Waals surface area (Å²) in [5.41, 5.74) is -0.311. The van der Waals surface area contributed by atoms with Crippen molar-refractivity contribution in [1.29, 1.82) is 0 Å². The first-order valence-electron chi connectivity index (χ1n) is 13.1. The minimum absolute atomic E-state index is 0.0710. The van der Waals surface area contributed by atoms with Gasteiger partial charge in [-0.15, -0.1) is 0 Å². The molecule has 13 heteroatoms. The number of methoxy groups -OCH3 is 1. The number of pyridine rings is 1. The second kappa shape index (κ2) is 12.4. The molecule has 2 fully saturated rings. The van der Waals surface area contributed by atoms with Gasteiger partial charge in [0, 0.05) is 13.3 Å². The van der Waals surface area contributed by atoms with Gasteiger partial charge in [-0.05, 0) is 63.1 Å². The zero-order chi connectivity index (χ0) is 29.0. The van der Waals surface area contributed by atoms with Crippen molar-refractivity contribution in [2.45, 2.75) is 83.3 Å². The van der Waals surface area contributed by atoms with E-state index in [9.17, 15) is 27.6 Å². The molecule has 3 N–H and O–H groups in total. The molecular weight excluding hydrogens is 519 g/mol. The molecule has 39 heavy (non-hydrogen) atoms. The summed E-state index contributed by atoms with van der Waals surface area (Å²) < 4.78 is 50.3. The smallest absolute Gasteiger partial charge is 0.410 e. The number of carbonyl (C=O) groups is 3. The van der Waals surface area contributed by atoms with Crippen LogP contribution in [0.4, 0.5) is 28.6 Å². The molecular formula is C26H38F3N5O5. The number of hydrogen-bond acceptors (Lipinski definition) is 6. The highest BCUT2D eigenvalue weighted by Crippen LogP contribution is 2.32. The van der Waals surface area contributed by atoms with E-state index >= 15 is 0 Å². The number of anilines is 1. The fraction of sp³-hybridized carbons (Fsp3) is 0.692. The zero-order valence-corrected chi connectivity index (χ0v) is 22.9. The first-order valence-corrected chi connectivity index (χ1v) is 13.1. The van der Waals surface area contributed by atoms with Gasteiger partial charge >= 0.3 is 18.3 Å². The van der Waals surface area contributed by atoms with E-state index in [-0.39, 0.29) is 18.3 Å². The van der Waals surface area contributed by atoms with Gasteiger partial charge in [0.15, 0.2) is 0 Å². The average Bonchev–Trinajstić information content (AvgIpc) is 3.22. The van der Waals surface area contributed by atoms with Gasteiger partial charge < -0.3 is 30.3 Å². The molecule has 0 spiro atoms. The predicted octanol–water partition coefficient (Wildman–Crippen LogP) is 4.38. The molecule has 10 nitrogen and oxygen atoms in total. The van der Waals surface area contributed by atoms with E-state index in [1.165, 1.54) is 19.4 Å². The maximum Gasteiger partial charge on any atom is 0.410 e. The fourth-order valence-corrected chi connectivity index (χ4v) is 4.91. The van der Waals surface area contributed by atoms with Crippen molar-refractivity contribution in [3.63, 3.8) is 0 Å². The molecule has 3 rings (SSSR count). The maximum atomic E-state index is 13.4. The van der Waals surface area contributed by atoms with Crippen LogP contribution >= 0.6 is 0 Å². The summed E-state index contributed by atoms with van der Waals surface area (Å²) in [5, 5.41) is 7.40. The summed E-state index contributed by atoms with van der Waals surface area (Å²) in [5.74, 6) is 0.0724. The number of aromatic nitrogens is 1. The highest BCUT2D eigenvalue weighted by atomic mass is 19.4. The Morgan fingerprint density at radius 3 is 2.44 bits per heavy atom. The number of rotatable bonds is 8. The van der Waals surface area contributed by atoms with E-state index in [2.05, 4.69) is 22.5 Å². The van der Waals surface area contributed by atoms with Gasteiger partial charge in [-0.25, -0.2) is 14.6 Å². The Labute approximate surface area is 226 Å². The first kappa shape index (κ1) is 30.5. The van der Waals surface area contributed by atoms with Crippen LogP contribution in [-0.4, -0.2) is 72.0 Å². The van der Waals surface area contributed by atoms with Crippen molar-refractivity contribution in [2.24, 2.45) is 11.8 Å². The third-order valence-corrected chi connectivity index (χ3v) is 6.94. The molecule has 1 aliphatic heterocycles. The Kier molecular flexibility index (Phi) is 9.68. The number of urea groups is 1. The van der Waals surface area contributed by atoms with Crippen molar-refractivity contribution in [2.75, 3.05) is 25.6 Å². The number of alkyl halides is 3. The minimum atomic E-state index is -4.59. The van der Waals surface area contributed by atoms with Gasteiger partial charge in [-0.1, -0.05) is 19.8 Å². The van der Waals surface area contributed by atoms with Crippen LogP contribution in [0.5, 0.6) is 0 Å². The Morgan fingerprint density at radius 1 is 1.21 bits per heavy atom. The van der Waals surface area contributed by atoms with Crippen LogP contribution in [0.15, 0.2) is 18.3 Å². The second-order valence-electron chi connectivity index (χ2n) is 11.3. The van der Waals surface area contributed by atoms with Crippen LogP contribution in [0.1, 0.15) is 65.0 Å². The fourth-order valence-electron chi connectivity index (χ4n) is 4.91. The summed E-state index contributed by atoms with van der Waals surface area (Å²) in [6, 6.07) is -1.55. The topological polar surface area (TPSA) is 122 Å². The van der Waals surface area contributed by atoms with Crippen LogP contribution in [0, 0.1) is 11.8 Å². The van der Waals surface area contributed by atoms with Crippen molar-refractivity contribution in [1.82, 2.24) is 20.5 Å². The van der Waals surface area contributed by atoms with Gasteiger partial charge in [-0.2, -0.15) is 13.2 Å². The van der Waals surface area contributed by atoms with E-state index in [0.717, 1.165) is 30.6 Å². The zero-order valence-electron chi connectivity index (χ0n) is 22.9. The molecule has 4 amide bonds. The SMILES string of the molecule is COC[C@H](c1ccnc(NC(=O)[C@@H](NC(=O)OC(C)(C)C)C2CCC(C)CC2)c1)N1C[C@@H](C(F)(F)F)NC1=O. The van der Waals surface area contributed by atoms with Crippen LogP contribution < -0.4 is 16.0 Å². The molecule has 1 aromatic rings. The monoisotopic (exact) mass is 557 g/mol. The number of nitrogens with one attached hydrogen (secondary N) is 3. The summed E-state index contributed by atoms with van der Waals surface area (Å²) >= 11 is 0. The molecule has 0 unspecified atom stereocenters. The normalized spacial score (nSPS) is 23.5. The Morgan fingerprint density at radius 2 is 1.87 bits per heavy atom. The van der Waals surface area contributed by atoms with Crippen molar-refractivity contribution in [3.05, 3.63) is 23.9 Å². The number of hydrogen-bond donors (Lipinski definition) is 3. The van der Waals surface area contributed by atoms with Crippen molar-refractivity contribution in [3.8, 4) is 0 Å². The van der Waals surface area contributed by atoms with Gasteiger partial charge in [0.1, 0.15) is 23.5 Å². The van der Waals surface area contributed by atoms with E-state index in [1.807, 2.05) is 5.32 Å². The van der Waals surface area contributed by atoms with Crippen LogP contribution in [0.3, 0.4) is 0 Å². The van der Waals surface area contributed by atoms with Gasteiger partial charge in [0.05, 0.1) is 19.2 Å². The Bertz CT molecular complexity index is 1020. The quantitative estimate of drug-likeness (QED) is 0.436. The number of amides is 4. The van der Waals surface area contributed by atoms with E-state index in [1.54, 1.807) is 26.8 Å². The lowest BCUT2D eigenvalue weighted by atomic mass is 9.79. The molecule has 2 heterocycles. The number of nitrogens with zero attached hydrogens (tertiary/aromatic N) is 2. The molecule has 2 aliphatic rings. The standard InChI is InChI=1S/C26H38F3N5O5/c1-15-6-8-16(9-7-15)21(33-24(37)39-25(2,3)4)22(35)32-20-12-17(10-11-30-20)18(14-38-5)34-13-19(26(27,28)29)31-23(34)36/h10-12,15-16,18-19,21H,6-9,13-14H2,1-5H3,(H,31,36)(H,33,37)(H,30,32,35)/t15?,16?,18-,19+,21+/m1/s1. The molecule has 1 aliphatic carbocycles. The minimum Gasteiger partial charge on any atom is -0.444 e. The predicted molar refractivity (Wildman–Crippen MR) is 137 cm³/mol. The summed E-state index contributed by atoms with van der Waals surface area (Å²) in [6.45, 7) is 6.69. The third-order valence-electron chi connectivity index (χ3n) is 6.94. The van der Waals surface area contributed by atoms with Gasteiger partial charge in [0.25, 0.3) is 0 Å². The molecule has 1 aromatic heterocycles. The van der Waals surface area contributed by atoms with Gasteiger partial charge in [-0.3, -0.25) is 4.79 Å². The number of halogens is 3. The molecule has 3 atom stereocenters. The largest absolute Gasteiger partial charge is 0.444 e. The summed E-state index contributed by atoms with van der Waals surface area (Å²) in [6.07, 6.45) is -0.552. The van der Waals surface area contributed by atoms with Crippen molar-refractivity contribution >= 4 is 23.8 Å².